The van der Waals surface area contributed by atoms with E-state index in [0.29, 0.717) is 34.8 Å². The summed E-state index contributed by atoms with van der Waals surface area (Å²) in [5.41, 5.74) is 12.3. The maximum atomic E-state index is 11.6. The molecule has 1 aliphatic carbocycles. The summed E-state index contributed by atoms with van der Waals surface area (Å²) in [4.78, 5) is 11.6. The van der Waals surface area contributed by atoms with Gasteiger partial charge in [-0.05, 0) is 42.7 Å². The molecule has 3 atom stereocenters. The summed E-state index contributed by atoms with van der Waals surface area (Å²) >= 11 is 0. The van der Waals surface area contributed by atoms with Crippen LogP contribution in [0.5, 0.6) is 5.75 Å². The summed E-state index contributed by atoms with van der Waals surface area (Å²) < 4.78 is 6.20. The first-order valence-electron chi connectivity index (χ1n) is 7.75. The van der Waals surface area contributed by atoms with Crippen molar-refractivity contribution in [2.24, 2.45) is 23.5 Å². The summed E-state index contributed by atoms with van der Waals surface area (Å²) in [6.07, 6.45) is 3.48. The third kappa shape index (κ3) is 3.49. The predicted molar refractivity (Wildman–Crippen MR) is 85.1 cm³/mol. The van der Waals surface area contributed by atoms with Gasteiger partial charge in [0.05, 0.1) is 11.3 Å². The van der Waals surface area contributed by atoms with Crippen LogP contribution in [-0.4, -0.2) is 12.0 Å². The number of hydrogen-bond donors (Lipinski definition) is 2. The summed E-state index contributed by atoms with van der Waals surface area (Å²) in [6.45, 7) is 6.69. The van der Waals surface area contributed by atoms with Crippen LogP contribution in [0, 0.1) is 17.8 Å². The lowest BCUT2D eigenvalue weighted by Crippen LogP contribution is -2.37. The number of para-hydroxylation sites is 1. The Labute approximate surface area is 126 Å². The molecule has 1 aromatic carbocycles. The second kappa shape index (κ2) is 6.37. The quantitative estimate of drug-likeness (QED) is 0.836. The van der Waals surface area contributed by atoms with Crippen LogP contribution in [0.2, 0.25) is 0 Å². The molecule has 0 aromatic heterocycles. The lowest BCUT2D eigenvalue weighted by molar-refractivity contribution is 0.0457. The fourth-order valence-electron chi connectivity index (χ4n) is 3.28. The van der Waals surface area contributed by atoms with E-state index in [-0.39, 0.29) is 6.10 Å². The summed E-state index contributed by atoms with van der Waals surface area (Å²) in [7, 11) is 0. The molecule has 0 spiro atoms. The standard InChI is InChI=1S/C17H26N2O2/c1-10(2)12-8-7-11(3)9-15(12)21-16-13(17(19)20)5-4-6-14(16)18/h4-6,10-12,15H,7-9,18H2,1-3H3,(H2,19,20). The Bertz CT molecular complexity index is 514. The van der Waals surface area contributed by atoms with Gasteiger partial charge in [0.2, 0.25) is 0 Å². The van der Waals surface area contributed by atoms with E-state index >= 15 is 0 Å². The van der Waals surface area contributed by atoms with Gasteiger partial charge in [0.1, 0.15) is 6.10 Å². The Morgan fingerprint density at radius 2 is 2.05 bits per heavy atom. The van der Waals surface area contributed by atoms with Crippen molar-refractivity contribution in [3.63, 3.8) is 0 Å². The summed E-state index contributed by atoms with van der Waals surface area (Å²) in [6, 6.07) is 5.15. The van der Waals surface area contributed by atoms with Crippen LogP contribution in [0.4, 0.5) is 5.69 Å². The van der Waals surface area contributed by atoms with Crippen LogP contribution in [0.1, 0.15) is 50.4 Å². The van der Waals surface area contributed by atoms with E-state index in [1.165, 1.54) is 6.42 Å². The molecule has 1 amide bonds. The van der Waals surface area contributed by atoms with E-state index < -0.39 is 5.91 Å². The molecule has 116 valence electrons. The lowest BCUT2D eigenvalue weighted by Gasteiger charge is -2.37. The maximum Gasteiger partial charge on any atom is 0.252 e. The smallest absolute Gasteiger partial charge is 0.252 e. The van der Waals surface area contributed by atoms with E-state index in [1.807, 2.05) is 0 Å². The molecule has 4 nitrogen and oxygen atoms in total. The number of rotatable bonds is 4. The van der Waals surface area contributed by atoms with E-state index in [2.05, 4.69) is 20.8 Å². The molecule has 4 heteroatoms. The van der Waals surface area contributed by atoms with E-state index in [9.17, 15) is 4.79 Å². The van der Waals surface area contributed by atoms with Gasteiger partial charge in [-0.2, -0.15) is 0 Å². The molecule has 1 fully saturated rings. The monoisotopic (exact) mass is 290 g/mol. The van der Waals surface area contributed by atoms with Crippen LogP contribution in [0.3, 0.4) is 0 Å². The minimum Gasteiger partial charge on any atom is -0.487 e. The van der Waals surface area contributed by atoms with Crippen molar-refractivity contribution in [1.82, 2.24) is 0 Å². The number of nitrogens with two attached hydrogens (primary N) is 2. The van der Waals surface area contributed by atoms with Gasteiger partial charge in [-0.25, -0.2) is 0 Å². The van der Waals surface area contributed by atoms with Crippen molar-refractivity contribution >= 4 is 11.6 Å². The number of primary amides is 1. The third-order valence-electron chi connectivity index (χ3n) is 4.54. The first kappa shape index (κ1) is 15.7. The molecule has 21 heavy (non-hydrogen) atoms. The maximum absolute atomic E-state index is 11.6. The van der Waals surface area contributed by atoms with E-state index in [1.54, 1.807) is 18.2 Å². The second-order valence-corrected chi connectivity index (χ2v) is 6.57. The van der Waals surface area contributed by atoms with Gasteiger partial charge in [-0.3, -0.25) is 4.79 Å². The molecule has 0 saturated heterocycles. The molecule has 1 aliphatic rings. The highest BCUT2D eigenvalue weighted by atomic mass is 16.5. The molecular formula is C17H26N2O2. The minimum atomic E-state index is -0.498. The Kier molecular flexibility index (Phi) is 4.76. The Hall–Kier alpha value is -1.71. The second-order valence-electron chi connectivity index (χ2n) is 6.57. The molecule has 1 saturated carbocycles. The van der Waals surface area contributed by atoms with Crippen molar-refractivity contribution in [3.8, 4) is 5.75 Å². The highest BCUT2D eigenvalue weighted by molar-refractivity contribution is 5.97. The number of anilines is 1. The fourth-order valence-corrected chi connectivity index (χ4v) is 3.28. The number of benzene rings is 1. The largest absolute Gasteiger partial charge is 0.487 e. The van der Waals surface area contributed by atoms with E-state index in [4.69, 9.17) is 16.2 Å². The van der Waals surface area contributed by atoms with Crippen LogP contribution >= 0.6 is 0 Å². The summed E-state index contributed by atoms with van der Waals surface area (Å²) in [5.74, 6) is 1.62. The zero-order valence-corrected chi connectivity index (χ0v) is 13.1. The van der Waals surface area contributed by atoms with Gasteiger partial charge in [0, 0.05) is 0 Å². The number of carbonyl (C=O) groups is 1. The third-order valence-corrected chi connectivity index (χ3v) is 4.54. The molecule has 3 unspecified atom stereocenters. The van der Waals surface area contributed by atoms with Crippen molar-refractivity contribution in [2.45, 2.75) is 46.1 Å². The molecular weight excluding hydrogens is 264 g/mol. The zero-order valence-electron chi connectivity index (χ0n) is 13.1. The van der Waals surface area contributed by atoms with Crippen molar-refractivity contribution < 1.29 is 9.53 Å². The lowest BCUT2D eigenvalue weighted by atomic mass is 9.75. The molecule has 0 aliphatic heterocycles. The number of carbonyl (C=O) groups excluding carboxylic acids is 1. The van der Waals surface area contributed by atoms with E-state index in [0.717, 1.165) is 12.8 Å². The SMILES string of the molecule is CC1CCC(C(C)C)C(Oc2c(N)cccc2C(N)=O)C1. The first-order chi connectivity index (χ1) is 9.90. The van der Waals surface area contributed by atoms with Crippen molar-refractivity contribution in [1.29, 1.82) is 0 Å². The first-order valence-corrected chi connectivity index (χ1v) is 7.75. The molecule has 0 bridgehead atoms. The topological polar surface area (TPSA) is 78.3 Å². The predicted octanol–water partition coefficient (Wildman–Crippen LogP) is 3.21. The van der Waals surface area contributed by atoms with Gasteiger partial charge in [0.25, 0.3) is 5.91 Å². The number of ether oxygens (including phenoxy) is 1. The van der Waals surface area contributed by atoms with Gasteiger partial charge in [-0.15, -0.1) is 0 Å². The Morgan fingerprint density at radius 3 is 2.67 bits per heavy atom. The molecule has 0 radical (unpaired) electrons. The highest BCUT2D eigenvalue weighted by Gasteiger charge is 2.33. The van der Waals surface area contributed by atoms with Gasteiger partial charge < -0.3 is 16.2 Å². The number of amides is 1. The van der Waals surface area contributed by atoms with Crippen LogP contribution in [0.25, 0.3) is 0 Å². The summed E-state index contributed by atoms with van der Waals surface area (Å²) in [5, 5.41) is 0. The molecule has 2 rings (SSSR count). The molecule has 4 N–H and O–H groups in total. The highest BCUT2D eigenvalue weighted by Crippen LogP contribution is 2.38. The zero-order chi connectivity index (χ0) is 15.6. The average Bonchev–Trinajstić information content (AvgIpc) is 2.40. The van der Waals surface area contributed by atoms with Gasteiger partial charge >= 0.3 is 0 Å². The van der Waals surface area contributed by atoms with Crippen molar-refractivity contribution in [2.75, 3.05) is 5.73 Å². The van der Waals surface area contributed by atoms with Crippen LogP contribution in [0.15, 0.2) is 18.2 Å². The van der Waals surface area contributed by atoms with Gasteiger partial charge in [0.15, 0.2) is 5.75 Å². The van der Waals surface area contributed by atoms with Gasteiger partial charge in [-0.1, -0.05) is 33.3 Å². The van der Waals surface area contributed by atoms with Crippen LogP contribution < -0.4 is 16.2 Å². The Morgan fingerprint density at radius 1 is 1.33 bits per heavy atom. The number of nitrogen functional groups attached to an aromatic ring is 1. The van der Waals surface area contributed by atoms with Crippen LogP contribution in [-0.2, 0) is 0 Å². The van der Waals surface area contributed by atoms with Crippen molar-refractivity contribution in [3.05, 3.63) is 23.8 Å². The fraction of sp³-hybridized carbons (Fsp3) is 0.588. The average molecular weight is 290 g/mol. The molecule has 1 aromatic rings. The normalized spacial score (nSPS) is 25.8. The Balaban J connectivity index is 2.28. The number of hydrogen-bond acceptors (Lipinski definition) is 3. The minimum absolute atomic E-state index is 0.0940. The molecule has 0 heterocycles.